The molecule has 0 saturated carbocycles. The van der Waals surface area contributed by atoms with Crippen LogP contribution in [0.5, 0.6) is 5.75 Å². The summed E-state index contributed by atoms with van der Waals surface area (Å²) in [5.41, 5.74) is 1.85. The summed E-state index contributed by atoms with van der Waals surface area (Å²) in [6.45, 7) is 3.20. The van der Waals surface area contributed by atoms with Gasteiger partial charge in [0.15, 0.2) is 0 Å². The number of cyclic esters (lactones) is 1. The molecule has 4 aliphatic heterocycles. The molecule has 316 valence electrons. The summed E-state index contributed by atoms with van der Waals surface area (Å²) in [7, 11) is 0. The van der Waals surface area contributed by atoms with E-state index in [1.54, 1.807) is 71.9 Å². The Morgan fingerprint density at radius 1 is 0.714 bits per heavy atom. The number of esters is 1. The van der Waals surface area contributed by atoms with Crippen molar-refractivity contribution in [2.24, 2.45) is 5.92 Å². The third-order valence-electron chi connectivity index (χ3n) is 13.1. The van der Waals surface area contributed by atoms with Crippen molar-refractivity contribution in [3.05, 3.63) is 186 Å². The number of carbonyl (C=O) groups excluding carboxylic acids is 4. The molecule has 2 N–H and O–H groups in total. The fourth-order valence-electron chi connectivity index (χ4n) is 10.4. The normalized spacial score (nSPS) is 24.7. The first-order valence-electron chi connectivity index (χ1n) is 21.2. The van der Waals surface area contributed by atoms with Crippen LogP contribution in [0.3, 0.4) is 0 Å². The molecule has 10 rings (SSSR count). The van der Waals surface area contributed by atoms with Gasteiger partial charge in [-0.25, -0.2) is 19.7 Å². The van der Waals surface area contributed by atoms with Gasteiger partial charge in [0.05, 0.1) is 29.7 Å². The molecule has 63 heavy (non-hydrogen) atoms. The molecule has 1 aromatic heterocycles. The molecule has 4 aliphatic rings. The summed E-state index contributed by atoms with van der Waals surface area (Å²) in [6, 6.07) is 39.8. The summed E-state index contributed by atoms with van der Waals surface area (Å²) >= 11 is 0. The van der Waals surface area contributed by atoms with Crippen molar-refractivity contribution in [3.63, 3.8) is 0 Å². The Labute approximate surface area is 364 Å². The SMILES string of the molecule is C[C@@H](NC(=O)N1C(=O)[C@@]2(c3ccccc31)[C@H](c1ccc(O)cc1)N1[C@H](c3ccccc3)[C@H](c3ccccc3)OC(=O)[C@H]1[C@@H]2C(=O)N1CCN(c2ncccn2)CC1)c1ccccc1. The number of nitrogens with one attached hydrogen (secondary N) is 1. The average molecular weight is 840 g/mol. The number of imide groups is 1. The number of piperazine rings is 1. The van der Waals surface area contributed by atoms with Crippen LogP contribution in [0.1, 0.15) is 59.0 Å². The zero-order chi connectivity index (χ0) is 43.2. The minimum Gasteiger partial charge on any atom is -0.508 e. The minimum atomic E-state index is -1.86. The second-order valence-corrected chi connectivity index (χ2v) is 16.5. The number of hydrogen-bond acceptors (Lipinski definition) is 10. The molecule has 0 unspecified atom stereocenters. The number of aromatic nitrogens is 2. The molecule has 4 amide bonds. The highest BCUT2D eigenvalue weighted by Gasteiger charge is 2.76. The predicted octanol–water partition coefficient (Wildman–Crippen LogP) is 6.67. The molecule has 6 aromatic rings. The Balaban J connectivity index is 1.19. The molecule has 5 aromatic carbocycles. The zero-order valence-corrected chi connectivity index (χ0v) is 34.5. The number of fused-ring (bicyclic) bond motifs is 3. The average Bonchev–Trinajstić information content (AvgIpc) is 3.79. The van der Waals surface area contributed by atoms with Crippen molar-refractivity contribution >= 4 is 35.5 Å². The Hall–Kier alpha value is -7.38. The molecule has 3 saturated heterocycles. The van der Waals surface area contributed by atoms with Crippen LogP contribution in [-0.2, 0) is 24.5 Å². The monoisotopic (exact) mass is 839 g/mol. The second kappa shape index (κ2) is 16.1. The highest BCUT2D eigenvalue weighted by atomic mass is 16.6. The number of rotatable bonds is 7. The number of morpholine rings is 1. The third-order valence-corrected chi connectivity index (χ3v) is 13.1. The quantitative estimate of drug-likeness (QED) is 0.167. The van der Waals surface area contributed by atoms with Crippen LogP contribution in [-0.4, -0.2) is 80.9 Å². The Morgan fingerprint density at radius 2 is 1.32 bits per heavy atom. The number of nitrogens with zero attached hydrogens (tertiary/aromatic N) is 6. The van der Waals surface area contributed by atoms with Gasteiger partial charge in [0, 0.05) is 38.6 Å². The van der Waals surface area contributed by atoms with Crippen molar-refractivity contribution in [1.29, 1.82) is 0 Å². The first-order chi connectivity index (χ1) is 30.8. The lowest BCUT2D eigenvalue weighted by Crippen LogP contribution is -2.59. The fraction of sp³-hybridized carbons (Fsp3) is 0.240. The number of anilines is 2. The number of hydrogen-bond donors (Lipinski definition) is 2. The maximum Gasteiger partial charge on any atom is 0.329 e. The summed E-state index contributed by atoms with van der Waals surface area (Å²) in [6.07, 6.45) is 2.49. The van der Waals surface area contributed by atoms with Gasteiger partial charge in [0.1, 0.15) is 23.3 Å². The maximum atomic E-state index is 16.3. The largest absolute Gasteiger partial charge is 0.508 e. The first kappa shape index (κ1) is 39.7. The van der Waals surface area contributed by atoms with E-state index in [1.165, 1.54) is 0 Å². The lowest BCUT2D eigenvalue weighted by molar-refractivity contribution is -0.179. The molecule has 13 heteroatoms. The van der Waals surface area contributed by atoms with E-state index in [2.05, 4.69) is 15.3 Å². The zero-order valence-electron chi connectivity index (χ0n) is 34.5. The van der Waals surface area contributed by atoms with E-state index in [0.717, 1.165) is 21.6 Å². The first-order valence-corrected chi connectivity index (χ1v) is 21.2. The minimum absolute atomic E-state index is 0.00381. The fourth-order valence-corrected chi connectivity index (χ4v) is 10.4. The molecule has 0 radical (unpaired) electrons. The van der Waals surface area contributed by atoms with Gasteiger partial charge < -0.3 is 25.0 Å². The van der Waals surface area contributed by atoms with Crippen molar-refractivity contribution in [1.82, 2.24) is 25.1 Å². The van der Waals surface area contributed by atoms with Crippen LogP contribution in [0, 0.1) is 5.92 Å². The number of ether oxygens (including phenoxy) is 1. The lowest BCUT2D eigenvalue weighted by Gasteiger charge is -2.46. The summed E-state index contributed by atoms with van der Waals surface area (Å²) in [4.78, 5) is 78.1. The number of amides is 4. The Bertz CT molecular complexity index is 2650. The lowest BCUT2D eigenvalue weighted by atomic mass is 9.65. The number of benzene rings is 5. The van der Waals surface area contributed by atoms with E-state index in [4.69, 9.17) is 4.74 Å². The van der Waals surface area contributed by atoms with Gasteiger partial charge in [-0.1, -0.05) is 121 Å². The Morgan fingerprint density at radius 3 is 1.98 bits per heavy atom. The molecule has 1 spiro atoms. The van der Waals surface area contributed by atoms with E-state index >= 15 is 14.4 Å². The van der Waals surface area contributed by atoms with Gasteiger partial charge >= 0.3 is 12.0 Å². The highest BCUT2D eigenvalue weighted by molar-refractivity contribution is 6.24. The van der Waals surface area contributed by atoms with Crippen LogP contribution in [0.15, 0.2) is 158 Å². The van der Waals surface area contributed by atoms with E-state index in [9.17, 15) is 9.90 Å². The van der Waals surface area contributed by atoms with E-state index in [1.807, 2.05) is 108 Å². The van der Waals surface area contributed by atoms with Gasteiger partial charge in [0.25, 0.3) is 0 Å². The van der Waals surface area contributed by atoms with Crippen molar-refractivity contribution in [2.45, 2.75) is 42.6 Å². The van der Waals surface area contributed by atoms with Gasteiger partial charge in [-0.2, -0.15) is 0 Å². The molecule has 13 nitrogen and oxygen atoms in total. The maximum absolute atomic E-state index is 16.3. The number of phenols is 1. The standard InChI is InChI=1S/C50H45N7O6/c1-32(33-14-5-2-6-15-33)53-49(62)56-39-21-12-11-20-38(39)50(47(56)61)40(45(59)54-28-30-55(31-29-54)48-51-26-13-27-52-48)42-46(60)63-43(35-18-9-4-10-19-35)41(34-16-7-3-8-17-34)57(42)44(50)36-22-24-37(58)25-23-36/h2-27,32,40-44,58H,28-31H2,1H3,(H,53,62)/t32-,40-,41-,42-,43+,44+,50-/m1/s1. The van der Waals surface area contributed by atoms with Crippen LogP contribution < -0.4 is 15.1 Å². The molecule has 5 heterocycles. The number of para-hydroxylation sites is 1. The number of aromatic hydroxyl groups is 1. The number of carbonyl (C=O) groups is 4. The predicted molar refractivity (Wildman–Crippen MR) is 234 cm³/mol. The molecular formula is C50H45N7O6. The molecule has 0 bridgehead atoms. The van der Waals surface area contributed by atoms with E-state index in [0.29, 0.717) is 35.9 Å². The van der Waals surface area contributed by atoms with Gasteiger partial charge in [-0.15, -0.1) is 0 Å². The third kappa shape index (κ3) is 6.58. The number of urea groups is 1. The molecular weight excluding hydrogens is 795 g/mol. The summed E-state index contributed by atoms with van der Waals surface area (Å²) in [5.74, 6) is -2.53. The van der Waals surface area contributed by atoms with Crippen LogP contribution in [0.4, 0.5) is 16.4 Å². The topological polar surface area (TPSA) is 149 Å². The van der Waals surface area contributed by atoms with Gasteiger partial charge in [0.2, 0.25) is 17.8 Å². The van der Waals surface area contributed by atoms with Gasteiger partial charge in [-0.05, 0) is 59.0 Å². The highest BCUT2D eigenvalue weighted by Crippen LogP contribution is 2.66. The second-order valence-electron chi connectivity index (χ2n) is 16.5. The molecule has 3 fully saturated rings. The molecule has 0 aliphatic carbocycles. The van der Waals surface area contributed by atoms with Gasteiger partial charge in [-0.3, -0.25) is 19.3 Å². The van der Waals surface area contributed by atoms with Crippen molar-refractivity contribution < 1.29 is 29.0 Å². The Kier molecular flexibility index (Phi) is 10.2. The van der Waals surface area contributed by atoms with Crippen LogP contribution >= 0.6 is 0 Å². The van der Waals surface area contributed by atoms with E-state index in [-0.39, 0.29) is 18.8 Å². The van der Waals surface area contributed by atoms with E-state index < -0.39 is 65.4 Å². The molecule has 7 atom stereocenters. The van der Waals surface area contributed by atoms with Crippen LogP contribution in [0.2, 0.25) is 0 Å². The smallest absolute Gasteiger partial charge is 0.329 e. The van der Waals surface area contributed by atoms with Crippen molar-refractivity contribution in [2.75, 3.05) is 36.0 Å². The number of phenolic OH excluding ortho intramolecular Hbond substituents is 1. The summed E-state index contributed by atoms with van der Waals surface area (Å²) < 4.78 is 6.58. The summed E-state index contributed by atoms with van der Waals surface area (Å²) in [5, 5.41) is 13.7. The van der Waals surface area contributed by atoms with Crippen LogP contribution in [0.25, 0.3) is 0 Å². The van der Waals surface area contributed by atoms with Crippen molar-refractivity contribution in [3.8, 4) is 5.75 Å².